The number of hydrogen-bond acceptors (Lipinski definition) is 0. The van der Waals surface area contributed by atoms with E-state index >= 15 is 0 Å². The van der Waals surface area contributed by atoms with Gasteiger partial charge in [-0.2, -0.15) is 0 Å². The SMILES string of the molecule is [Cl][OsH2]([Cl])([Cl])([Cl])([Cl])[Cl]. The standard InChI is InChI=1S/6ClH.Os.2H/h6*1H;;;/q;;;;;;+6;;/p-6. The fourth-order valence-corrected chi connectivity index (χ4v) is 0. The summed E-state index contributed by atoms with van der Waals surface area (Å²) in [4.78, 5) is 0. The first-order valence-electron chi connectivity index (χ1n) is 0.926. The molecule has 0 spiro atoms. The van der Waals surface area contributed by atoms with Crippen LogP contribution >= 0.6 is 57.8 Å². The Bertz CT molecular complexity index is 62.7. The molecule has 7 heteroatoms. The van der Waals surface area contributed by atoms with Crippen molar-refractivity contribution in [3.63, 3.8) is 0 Å². The van der Waals surface area contributed by atoms with Gasteiger partial charge in [-0.15, -0.1) is 0 Å². The van der Waals surface area contributed by atoms with Crippen LogP contribution in [0.1, 0.15) is 0 Å². The van der Waals surface area contributed by atoms with E-state index in [1.807, 2.05) is 0 Å². The van der Waals surface area contributed by atoms with Crippen molar-refractivity contribution < 1.29 is 6.64 Å². The predicted molar refractivity (Wildman–Crippen MR) is 37.9 cm³/mol. The molecular formula is H2Cl6Os. The Balaban J connectivity index is 4.43. The Hall–Kier alpha value is 2.38. The van der Waals surface area contributed by atoms with Gasteiger partial charge >= 0.3 is 64.5 Å². The summed E-state index contributed by atoms with van der Waals surface area (Å²) in [6.07, 6.45) is 0. The molecule has 0 nitrogen and oxygen atoms in total. The van der Waals surface area contributed by atoms with Crippen LogP contribution in [0.25, 0.3) is 0 Å². The molecule has 0 saturated heterocycles. The second-order valence-electron chi connectivity index (χ2n) is 0.875. The Morgan fingerprint density at radius 2 is 0.571 bits per heavy atom. The van der Waals surface area contributed by atoms with Gasteiger partial charge in [-0.25, -0.2) is 0 Å². The molecule has 0 aromatic heterocycles. The van der Waals surface area contributed by atoms with E-state index in [1.54, 1.807) is 0 Å². The van der Waals surface area contributed by atoms with Crippen molar-refractivity contribution in [3.8, 4) is 0 Å². The van der Waals surface area contributed by atoms with E-state index in [-0.39, 0.29) is 0 Å². The van der Waals surface area contributed by atoms with E-state index in [0.717, 1.165) is 0 Å². The minimum absolute atomic E-state index is 5.07. The van der Waals surface area contributed by atoms with Crippen LogP contribution in [0.3, 0.4) is 0 Å². The van der Waals surface area contributed by atoms with E-state index in [4.69, 9.17) is 57.8 Å². The molecule has 0 amide bonds. The maximum atomic E-state index is 5.07. The molecule has 0 bridgehead atoms. The molecule has 0 fully saturated rings. The molecule has 0 unspecified atom stereocenters. The molecule has 0 N–H and O–H groups in total. The van der Waals surface area contributed by atoms with E-state index < -0.39 is 6.64 Å². The van der Waals surface area contributed by atoms with Gasteiger partial charge in [0.25, 0.3) is 0 Å². The molecule has 0 aromatic carbocycles. The summed E-state index contributed by atoms with van der Waals surface area (Å²) in [5.74, 6) is 0. The zero-order valence-corrected chi connectivity index (χ0v) is 10.1. The van der Waals surface area contributed by atoms with Gasteiger partial charge in [-0.05, 0) is 0 Å². The van der Waals surface area contributed by atoms with E-state index in [9.17, 15) is 0 Å². The normalized spacial score (nSPS) is 23.1. The fraction of sp³-hybridized carbons (Fsp3) is 0. The van der Waals surface area contributed by atoms with E-state index in [0.29, 0.717) is 0 Å². The molecule has 0 saturated carbocycles. The average molecular weight is 405 g/mol. The van der Waals surface area contributed by atoms with Crippen LogP contribution in [0.2, 0.25) is 0 Å². The summed E-state index contributed by atoms with van der Waals surface area (Å²) in [5.41, 5.74) is 0. The molecular weight excluding hydrogens is 403 g/mol. The van der Waals surface area contributed by atoms with Gasteiger partial charge in [-0.3, -0.25) is 0 Å². The summed E-state index contributed by atoms with van der Waals surface area (Å²) in [6, 6.07) is 0. The van der Waals surface area contributed by atoms with Gasteiger partial charge in [0.2, 0.25) is 0 Å². The molecule has 0 rings (SSSR count). The van der Waals surface area contributed by atoms with Gasteiger partial charge in [0.15, 0.2) is 0 Å². The van der Waals surface area contributed by atoms with E-state index in [1.165, 1.54) is 0 Å². The van der Waals surface area contributed by atoms with Crippen molar-refractivity contribution in [2.24, 2.45) is 0 Å². The third-order valence-electron chi connectivity index (χ3n) is 0. The van der Waals surface area contributed by atoms with Crippen LogP contribution in [0.15, 0.2) is 0 Å². The van der Waals surface area contributed by atoms with Gasteiger partial charge in [0.05, 0.1) is 0 Å². The summed E-state index contributed by atoms with van der Waals surface area (Å²) in [6.45, 7) is -5.47. The molecule has 0 aromatic rings. The minimum atomic E-state index is -5.47. The summed E-state index contributed by atoms with van der Waals surface area (Å²) >= 11 is 0. The average Bonchev–Trinajstić information content (AvgIpc) is 0.592. The van der Waals surface area contributed by atoms with Crippen LogP contribution < -0.4 is 0 Å². The van der Waals surface area contributed by atoms with Crippen LogP contribution in [-0.4, -0.2) is 0 Å². The monoisotopic (exact) mass is 404 g/mol. The zero-order chi connectivity index (χ0) is 6.41. The topological polar surface area (TPSA) is 0 Å². The van der Waals surface area contributed by atoms with E-state index in [2.05, 4.69) is 0 Å². The second-order valence-corrected chi connectivity index (χ2v) is 64.4. The fourth-order valence-electron chi connectivity index (χ4n) is 0. The summed E-state index contributed by atoms with van der Waals surface area (Å²) in [7, 11) is 30.4. The summed E-state index contributed by atoms with van der Waals surface area (Å²) < 4.78 is 0. The quantitative estimate of drug-likeness (QED) is 0.578. The zero-order valence-electron chi connectivity index (χ0n) is 2.68. The summed E-state index contributed by atoms with van der Waals surface area (Å²) in [5, 5.41) is 0. The Labute approximate surface area is 63.7 Å². The van der Waals surface area contributed by atoms with Gasteiger partial charge < -0.3 is 0 Å². The predicted octanol–water partition coefficient (Wildman–Crippen LogP) is 3.60. The molecule has 52 valence electrons. The number of halogens is 6. The Morgan fingerprint density at radius 3 is 0.571 bits per heavy atom. The van der Waals surface area contributed by atoms with Crippen molar-refractivity contribution >= 4 is 57.8 Å². The number of hydrogen-bond donors (Lipinski definition) is 0. The first-order valence-corrected chi connectivity index (χ1v) is 22.7. The first-order chi connectivity index (χ1) is 2.45. The second kappa shape index (κ2) is 1.51. The Morgan fingerprint density at radius 1 is 0.571 bits per heavy atom. The van der Waals surface area contributed by atoms with Gasteiger partial charge in [0, 0.05) is 0 Å². The first kappa shape index (κ1) is 9.38. The van der Waals surface area contributed by atoms with Crippen LogP contribution in [-0.2, 0) is 6.64 Å². The van der Waals surface area contributed by atoms with Crippen molar-refractivity contribution in [3.05, 3.63) is 0 Å². The molecule has 0 aliphatic carbocycles. The van der Waals surface area contributed by atoms with Crippen LogP contribution in [0.4, 0.5) is 0 Å². The molecule has 0 atom stereocenters. The molecule has 0 aliphatic rings. The van der Waals surface area contributed by atoms with Crippen molar-refractivity contribution in [2.45, 2.75) is 0 Å². The molecule has 0 aliphatic heterocycles. The molecule has 0 radical (unpaired) electrons. The van der Waals surface area contributed by atoms with Crippen molar-refractivity contribution in [1.82, 2.24) is 0 Å². The van der Waals surface area contributed by atoms with Gasteiger partial charge in [-0.1, -0.05) is 0 Å². The third-order valence-corrected chi connectivity index (χ3v) is 0. The van der Waals surface area contributed by atoms with Crippen LogP contribution in [0, 0.1) is 0 Å². The molecule has 0 heterocycles. The van der Waals surface area contributed by atoms with Crippen molar-refractivity contribution in [2.75, 3.05) is 0 Å². The third kappa shape index (κ3) is 60.3. The number of rotatable bonds is 0. The van der Waals surface area contributed by atoms with Gasteiger partial charge in [0.1, 0.15) is 0 Å². The Kier molecular flexibility index (Phi) is 2.02. The van der Waals surface area contributed by atoms with Crippen molar-refractivity contribution in [1.29, 1.82) is 0 Å². The maximum absolute atomic E-state index is 5.47. The van der Waals surface area contributed by atoms with Crippen LogP contribution in [0.5, 0.6) is 0 Å². The molecule has 7 heavy (non-hydrogen) atoms.